The second kappa shape index (κ2) is 12.4. The van der Waals surface area contributed by atoms with Crippen molar-refractivity contribution in [2.75, 3.05) is 13.2 Å². The van der Waals surface area contributed by atoms with Crippen LogP contribution >= 0.6 is 0 Å². The molecule has 0 bridgehead atoms. The minimum atomic E-state index is -5.86. The van der Waals surface area contributed by atoms with Crippen LogP contribution in [0.1, 0.15) is 29.8 Å². The Morgan fingerprint density at radius 2 is 1.26 bits per heavy atom. The second-order valence-corrected chi connectivity index (χ2v) is 13.8. The standard InChI is InChI=1S/C29H24F8O7S2/c1-18(28(34,35)46(39,40)41)44-24(38)19-8-12-22(13-9-19)45(21-6-4-3-5-7-21)23-14-10-20(11-15-23)25(2)42-16-26(30,31)29(36,37)27(32,33)17-43-25/h3-15,18H,16-17H2,1-2H3/p+1. The fraction of sp³-hybridized carbons (Fsp3) is 0.345. The first-order valence-electron chi connectivity index (χ1n) is 13.1. The van der Waals surface area contributed by atoms with Crippen molar-refractivity contribution in [1.82, 2.24) is 0 Å². The molecule has 3 aromatic carbocycles. The van der Waals surface area contributed by atoms with Gasteiger partial charge in [-0.3, -0.25) is 4.55 Å². The quantitative estimate of drug-likeness (QED) is 0.118. The Labute approximate surface area is 260 Å². The number of carbonyl (C=O) groups is 1. The summed E-state index contributed by atoms with van der Waals surface area (Å²) in [5, 5.41) is -4.76. The summed E-state index contributed by atoms with van der Waals surface area (Å²) in [5.41, 5.74) is -0.252. The monoisotopic (exact) mass is 701 g/mol. The molecule has 1 fully saturated rings. The van der Waals surface area contributed by atoms with E-state index in [1.165, 1.54) is 48.5 Å². The molecule has 0 aliphatic carbocycles. The molecule has 3 aromatic rings. The Balaban J connectivity index is 1.62. The minimum Gasteiger partial charge on any atom is -0.451 e. The van der Waals surface area contributed by atoms with E-state index in [0.29, 0.717) is 16.7 Å². The van der Waals surface area contributed by atoms with Crippen LogP contribution in [0.2, 0.25) is 0 Å². The Morgan fingerprint density at radius 1 is 0.826 bits per heavy atom. The van der Waals surface area contributed by atoms with Gasteiger partial charge in [-0.05, 0) is 74.5 Å². The summed E-state index contributed by atoms with van der Waals surface area (Å²) in [5.74, 6) is -19.7. The Hall–Kier alpha value is -3.25. The maximum atomic E-state index is 14.1. The van der Waals surface area contributed by atoms with Crippen LogP contribution in [-0.2, 0) is 41.0 Å². The zero-order valence-electron chi connectivity index (χ0n) is 23.7. The van der Waals surface area contributed by atoms with Crippen molar-refractivity contribution in [2.45, 2.75) is 63.4 Å². The molecular weight excluding hydrogens is 676 g/mol. The van der Waals surface area contributed by atoms with Crippen LogP contribution in [0.25, 0.3) is 0 Å². The van der Waals surface area contributed by atoms with E-state index in [1.54, 1.807) is 30.3 Å². The molecular formula is C29H25F8O7S2+. The van der Waals surface area contributed by atoms with Crippen molar-refractivity contribution in [1.29, 1.82) is 0 Å². The molecule has 2 atom stereocenters. The normalized spacial score (nSPS) is 20.5. The second-order valence-electron chi connectivity index (χ2n) is 10.3. The van der Waals surface area contributed by atoms with Gasteiger partial charge in [-0.2, -0.15) is 43.5 Å². The third-order valence-corrected chi connectivity index (χ3v) is 10.2. The van der Waals surface area contributed by atoms with Crippen molar-refractivity contribution in [2.24, 2.45) is 0 Å². The molecule has 17 heteroatoms. The van der Waals surface area contributed by atoms with Crippen LogP contribution in [0.4, 0.5) is 35.1 Å². The van der Waals surface area contributed by atoms with Gasteiger partial charge in [0.15, 0.2) is 26.6 Å². The average molecular weight is 702 g/mol. The Bertz CT molecular complexity index is 1630. The van der Waals surface area contributed by atoms with Gasteiger partial charge in [0.25, 0.3) is 0 Å². The van der Waals surface area contributed by atoms with Crippen LogP contribution in [0.15, 0.2) is 93.5 Å². The third-order valence-electron chi connectivity index (χ3n) is 7.00. The van der Waals surface area contributed by atoms with E-state index in [-0.39, 0.29) is 11.1 Å². The molecule has 0 amide bonds. The highest BCUT2D eigenvalue weighted by Crippen LogP contribution is 2.49. The molecule has 7 nitrogen and oxygen atoms in total. The zero-order chi connectivity index (χ0) is 34.3. The lowest BCUT2D eigenvalue weighted by atomic mass is 10.0. The van der Waals surface area contributed by atoms with Gasteiger partial charge in [0.05, 0.1) is 16.5 Å². The van der Waals surface area contributed by atoms with Crippen LogP contribution in [0, 0.1) is 0 Å². The van der Waals surface area contributed by atoms with E-state index < -0.39 is 75.1 Å². The summed E-state index contributed by atoms with van der Waals surface area (Å²) in [6.07, 6.45) is -2.52. The molecule has 1 N–H and O–H groups in total. The van der Waals surface area contributed by atoms with E-state index in [4.69, 9.17) is 14.0 Å². The molecule has 1 heterocycles. The third kappa shape index (κ3) is 6.74. The maximum absolute atomic E-state index is 14.1. The van der Waals surface area contributed by atoms with Crippen molar-refractivity contribution in [3.63, 3.8) is 0 Å². The number of ether oxygens (including phenoxy) is 3. The fourth-order valence-corrected chi connectivity index (χ4v) is 6.74. The van der Waals surface area contributed by atoms with E-state index in [2.05, 4.69) is 4.74 Å². The lowest BCUT2D eigenvalue weighted by Crippen LogP contribution is -2.61. The molecule has 4 rings (SSSR count). The molecule has 250 valence electrons. The average Bonchev–Trinajstić information content (AvgIpc) is 2.99. The van der Waals surface area contributed by atoms with Gasteiger partial charge in [0, 0.05) is 5.56 Å². The predicted octanol–water partition coefficient (Wildman–Crippen LogP) is 6.93. The topological polar surface area (TPSA) is 99.1 Å². The number of benzene rings is 3. The van der Waals surface area contributed by atoms with Gasteiger partial charge in [-0.15, -0.1) is 0 Å². The summed E-state index contributed by atoms with van der Waals surface area (Å²) in [4.78, 5) is 14.3. The van der Waals surface area contributed by atoms with E-state index >= 15 is 0 Å². The molecule has 46 heavy (non-hydrogen) atoms. The molecule has 0 aromatic heterocycles. The molecule has 1 aliphatic rings. The number of halogens is 8. The highest BCUT2D eigenvalue weighted by molar-refractivity contribution is 7.97. The summed E-state index contributed by atoms with van der Waals surface area (Å²) >= 11 is 0. The van der Waals surface area contributed by atoms with Crippen LogP contribution in [-0.4, -0.2) is 61.3 Å². The summed E-state index contributed by atoms with van der Waals surface area (Å²) in [6.45, 7) is -2.47. The largest absolute Gasteiger partial charge is 0.451 e. The number of carbonyl (C=O) groups excluding carboxylic acids is 1. The van der Waals surface area contributed by atoms with Gasteiger partial charge in [-0.25, -0.2) is 4.79 Å². The van der Waals surface area contributed by atoms with E-state index in [0.717, 1.165) is 11.8 Å². The number of esters is 1. The molecule has 0 radical (unpaired) electrons. The van der Waals surface area contributed by atoms with Crippen molar-refractivity contribution >= 4 is 27.0 Å². The SMILES string of the molecule is CC(OC(=O)c1ccc([S+](c2ccccc2)c2ccc(C3(C)OCC(F)(F)C(F)(F)C(F)(F)CO3)cc2)cc1)C(F)(F)S(=O)(=O)O. The number of alkyl halides is 8. The first-order chi connectivity index (χ1) is 21.1. The smallest absolute Gasteiger partial charge is 0.405 e. The number of hydrogen-bond donors (Lipinski definition) is 1. The maximum Gasteiger partial charge on any atom is 0.405 e. The Morgan fingerprint density at radius 3 is 1.72 bits per heavy atom. The zero-order valence-corrected chi connectivity index (χ0v) is 25.4. The van der Waals surface area contributed by atoms with Crippen molar-refractivity contribution in [3.8, 4) is 0 Å². The number of rotatable bonds is 8. The molecule has 0 spiro atoms. The molecule has 1 aliphatic heterocycles. The molecule has 0 saturated carbocycles. The van der Waals surface area contributed by atoms with Crippen molar-refractivity contribution in [3.05, 3.63) is 90.0 Å². The van der Waals surface area contributed by atoms with Crippen LogP contribution in [0.3, 0.4) is 0 Å². The highest BCUT2D eigenvalue weighted by Gasteiger charge is 2.73. The first-order valence-corrected chi connectivity index (χ1v) is 15.8. The van der Waals surface area contributed by atoms with Crippen LogP contribution < -0.4 is 0 Å². The predicted molar refractivity (Wildman–Crippen MR) is 147 cm³/mol. The fourth-order valence-electron chi connectivity index (χ4n) is 4.21. The van der Waals surface area contributed by atoms with E-state index in [9.17, 15) is 48.3 Å². The van der Waals surface area contributed by atoms with Crippen LogP contribution in [0.5, 0.6) is 0 Å². The minimum absolute atomic E-state index is 0.0291. The van der Waals surface area contributed by atoms with Gasteiger partial charge >= 0.3 is 39.1 Å². The Kier molecular flexibility index (Phi) is 9.60. The van der Waals surface area contributed by atoms with Gasteiger partial charge in [0.2, 0.25) is 0 Å². The van der Waals surface area contributed by atoms with Crippen molar-refractivity contribution < 1.29 is 67.1 Å². The van der Waals surface area contributed by atoms with E-state index in [1.807, 2.05) is 0 Å². The van der Waals surface area contributed by atoms with Gasteiger partial charge in [-0.1, -0.05) is 18.2 Å². The molecule has 1 saturated heterocycles. The summed E-state index contributed by atoms with van der Waals surface area (Å²) in [6, 6.07) is 19.8. The van der Waals surface area contributed by atoms with Gasteiger partial charge in [0.1, 0.15) is 13.2 Å². The lowest BCUT2D eigenvalue weighted by molar-refractivity contribution is -0.387. The number of hydrogen-bond acceptors (Lipinski definition) is 6. The molecule has 2 unspecified atom stereocenters. The first kappa shape index (κ1) is 35.6. The highest BCUT2D eigenvalue weighted by atomic mass is 32.2. The summed E-state index contributed by atoms with van der Waals surface area (Å²) in [7, 11) is -6.81. The summed E-state index contributed by atoms with van der Waals surface area (Å²) < 4.78 is 157. The van der Waals surface area contributed by atoms with Gasteiger partial charge < -0.3 is 14.2 Å². The lowest BCUT2D eigenvalue weighted by Gasteiger charge is -2.40.